The summed E-state index contributed by atoms with van der Waals surface area (Å²) in [5.41, 5.74) is 1.60. The number of nitrogens with one attached hydrogen (secondary N) is 1. The van der Waals surface area contributed by atoms with Gasteiger partial charge >= 0.3 is 0 Å². The largest absolute Gasteiger partial charge is 0.466 e. The van der Waals surface area contributed by atoms with E-state index in [-0.39, 0.29) is 5.91 Å². The highest BCUT2D eigenvalue weighted by molar-refractivity contribution is 6.04. The molecule has 0 saturated heterocycles. The molecule has 0 saturated carbocycles. The first kappa shape index (κ1) is 11.4. The van der Waals surface area contributed by atoms with Gasteiger partial charge in [-0.05, 0) is 44.5 Å². The number of aromatic nitrogens is 1. The van der Waals surface area contributed by atoms with Gasteiger partial charge in [-0.3, -0.25) is 4.79 Å². The number of amides is 1. The number of anilines is 1. The van der Waals surface area contributed by atoms with Gasteiger partial charge in [0.2, 0.25) is 0 Å². The molecule has 0 aliphatic carbocycles. The van der Waals surface area contributed by atoms with Gasteiger partial charge in [0.05, 0.1) is 5.56 Å². The first-order valence-electron chi connectivity index (χ1n) is 5.37. The van der Waals surface area contributed by atoms with Gasteiger partial charge in [-0.15, -0.1) is 0 Å². The van der Waals surface area contributed by atoms with E-state index < -0.39 is 0 Å². The van der Waals surface area contributed by atoms with Gasteiger partial charge in [0.1, 0.15) is 17.3 Å². The van der Waals surface area contributed by atoms with Gasteiger partial charge in [-0.1, -0.05) is 0 Å². The predicted octanol–water partition coefficient (Wildman–Crippen LogP) is 2.85. The number of pyridine rings is 1. The normalized spacial score (nSPS) is 10.3. The second-order valence-electron chi connectivity index (χ2n) is 4.00. The molecule has 0 unspecified atom stereocenters. The van der Waals surface area contributed by atoms with E-state index in [1.165, 1.54) is 0 Å². The van der Waals surface area contributed by atoms with Crippen molar-refractivity contribution in [1.29, 1.82) is 0 Å². The molecule has 0 spiro atoms. The molecule has 88 valence electrons. The third-order valence-corrected chi connectivity index (χ3v) is 2.44. The van der Waals surface area contributed by atoms with Gasteiger partial charge in [0, 0.05) is 6.20 Å². The molecular weight excluding hydrogens is 216 g/mol. The lowest BCUT2D eigenvalue weighted by molar-refractivity contribution is 0.102. The van der Waals surface area contributed by atoms with Crippen molar-refractivity contribution in [3.63, 3.8) is 0 Å². The quantitative estimate of drug-likeness (QED) is 0.863. The highest BCUT2D eigenvalue weighted by Gasteiger charge is 2.13. The Morgan fingerprint density at radius 1 is 1.29 bits per heavy atom. The van der Waals surface area contributed by atoms with Crippen LogP contribution in [0.5, 0.6) is 0 Å². The second-order valence-corrected chi connectivity index (χ2v) is 4.00. The Bertz CT molecular complexity index is 558. The Labute approximate surface area is 99.7 Å². The van der Waals surface area contributed by atoms with Crippen LogP contribution in [0.2, 0.25) is 0 Å². The molecule has 0 aliphatic rings. The summed E-state index contributed by atoms with van der Waals surface area (Å²) in [5.74, 6) is 1.70. The van der Waals surface area contributed by atoms with Crippen LogP contribution >= 0.6 is 0 Å². The Morgan fingerprint density at radius 3 is 2.65 bits per heavy atom. The topological polar surface area (TPSA) is 55.1 Å². The number of hydrogen-bond donors (Lipinski definition) is 1. The maximum atomic E-state index is 11.9. The predicted molar refractivity (Wildman–Crippen MR) is 65.1 cm³/mol. The number of carbonyl (C=O) groups is 1. The molecule has 2 aromatic rings. The Morgan fingerprint density at radius 2 is 2.06 bits per heavy atom. The lowest BCUT2D eigenvalue weighted by Crippen LogP contribution is -2.13. The standard InChI is InChI=1S/C13H14N2O2/c1-8-4-5-14-12(6-8)15-13(16)11-7-9(2)17-10(11)3/h4-7H,1-3H3,(H,14,15,16). The lowest BCUT2D eigenvalue weighted by atomic mass is 10.2. The maximum absolute atomic E-state index is 11.9. The fourth-order valence-corrected chi connectivity index (χ4v) is 1.64. The lowest BCUT2D eigenvalue weighted by Gasteiger charge is -2.03. The smallest absolute Gasteiger partial charge is 0.260 e. The number of carbonyl (C=O) groups excluding carboxylic acids is 1. The fourth-order valence-electron chi connectivity index (χ4n) is 1.64. The molecular formula is C13H14N2O2. The van der Waals surface area contributed by atoms with Crippen LogP contribution in [0.15, 0.2) is 28.8 Å². The van der Waals surface area contributed by atoms with Crippen molar-refractivity contribution in [1.82, 2.24) is 4.98 Å². The SMILES string of the molecule is Cc1ccnc(NC(=O)c2cc(C)oc2C)c1. The van der Waals surface area contributed by atoms with E-state index in [1.807, 2.05) is 26.0 Å². The van der Waals surface area contributed by atoms with Crippen LogP contribution in [-0.4, -0.2) is 10.9 Å². The molecule has 0 bridgehead atoms. The monoisotopic (exact) mass is 230 g/mol. The highest BCUT2D eigenvalue weighted by atomic mass is 16.3. The van der Waals surface area contributed by atoms with Gasteiger partial charge in [0.25, 0.3) is 5.91 Å². The van der Waals surface area contributed by atoms with E-state index in [9.17, 15) is 4.79 Å². The average Bonchev–Trinajstić information content (AvgIpc) is 2.58. The van der Waals surface area contributed by atoms with Crippen LogP contribution in [0.3, 0.4) is 0 Å². The van der Waals surface area contributed by atoms with E-state index in [4.69, 9.17) is 4.42 Å². The average molecular weight is 230 g/mol. The minimum Gasteiger partial charge on any atom is -0.466 e. The number of hydrogen-bond acceptors (Lipinski definition) is 3. The summed E-state index contributed by atoms with van der Waals surface area (Å²) in [6.07, 6.45) is 1.67. The Kier molecular flexibility index (Phi) is 2.95. The van der Waals surface area contributed by atoms with Crippen LogP contribution in [-0.2, 0) is 0 Å². The zero-order chi connectivity index (χ0) is 12.4. The van der Waals surface area contributed by atoms with Crippen LogP contribution in [0.4, 0.5) is 5.82 Å². The van der Waals surface area contributed by atoms with E-state index in [1.54, 1.807) is 19.2 Å². The minimum atomic E-state index is -0.197. The molecule has 0 atom stereocenters. The van der Waals surface area contributed by atoms with Crippen LogP contribution in [0, 0.1) is 20.8 Å². The molecule has 1 N–H and O–H groups in total. The van der Waals surface area contributed by atoms with Crippen molar-refractivity contribution in [2.24, 2.45) is 0 Å². The van der Waals surface area contributed by atoms with Gasteiger partial charge in [-0.2, -0.15) is 0 Å². The van der Waals surface area contributed by atoms with Crippen LogP contribution in [0.25, 0.3) is 0 Å². The molecule has 0 aromatic carbocycles. The first-order valence-corrected chi connectivity index (χ1v) is 5.37. The zero-order valence-corrected chi connectivity index (χ0v) is 10.1. The van der Waals surface area contributed by atoms with Crippen LogP contribution in [0.1, 0.15) is 27.4 Å². The van der Waals surface area contributed by atoms with Crippen molar-refractivity contribution < 1.29 is 9.21 Å². The molecule has 4 nitrogen and oxygen atoms in total. The van der Waals surface area contributed by atoms with E-state index in [2.05, 4.69) is 10.3 Å². The summed E-state index contributed by atoms with van der Waals surface area (Å²) in [6, 6.07) is 5.42. The molecule has 0 aliphatic heterocycles. The third-order valence-electron chi connectivity index (χ3n) is 2.44. The van der Waals surface area contributed by atoms with Gasteiger partial charge < -0.3 is 9.73 Å². The molecule has 4 heteroatoms. The summed E-state index contributed by atoms with van der Waals surface area (Å²) < 4.78 is 5.32. The summed E-state index contributed by atoms with van der Waals surface area (Å²) in [7, 11) is 0. The van der Waals surface area contributed by atoms with Crippen molar-refractivity contribution in [2.75, 3.05) is 5.32 Å². The second kappa shape index (κ2) is 4.41. The first-order chi connectivity index (χ1) is 8.06. The third kappa shape index (κ3) is 2.53. The van der Waals surface area contributed by atoms with Crippen molar-refractivity contribution in [3.8, 4) is 0 Å². The molecule has 0 fully saturated rings. The number of furan rings is 1. The highest BCUT2D eigenvalue weighted by Crippen LogP contribution is 2.15. The molecule has 2 rings (SSSR count). The van der Waals surface area contributed by atoms with E-state index in [0.29, 0.717) is 17.1 Å². The van der Waals surface area contributed by atoms with Gasteiger partial charge in [-0.25, -0.2) is 4.98 Å². The summed E-state index contributed by atoms with van der Waals surface area (Å²) in [6.45, 7) is 5.53. The summed E-state index contributed by atoms with van der Waals surface area (Å²) in [5, 5.41) is 2.74. The minimum absolute atomic E-state index is 0.197. The number of nitrogens with zero attached hydrogens (tertiary/aromatic N) is 1. The number of rotatable bonds is 2. The van der Waals surface area contributed by atoms with Crippen molar-refractivity contribution in [3.05, 3.63) is 47.0 Å². The molecule has 17 heavy (non-hydrogen) atoms. The molecule has 2 aromatic heterocycles. The summed E-state index contributed by atoms with van der Waals surface area (Å²) in [4.78, 5) is 16.0. The van der Waals surface area contributed by atoms with Crippen molar-refractivity contribution in [2.45, 2.75) is 20.8 Å². The fraction of sp³-hybridized carbons (Fsp3) is 0.231. The molecule has 1 amide bonds. The Balaban J connectivity index is 2.20. The Hall–Kier alpha value is -2.10. The molecule has 2 heterocycles. The molecule has 0 radical (unpaired) electrons. The summed E-state index contributed by atoms with van der Waals surface area (Å²) >= 11 is 0. The van der Waals surface area contributed by atoms with Gasteiger partial charge in [0.15, 0.2) is 0 Å². The van der Waals surface area contributed by atoms with Crippen molar-refractivity contribution >= 4 is 11.7 Å². The number of aryl methyl sites for hydroxylation is 3. The van der Waals surface area contributed by atoms with Crippen LogP contribution < -0.4 is 5.32 Å². The maximum Gasteiger partial charge on any atom is 0.260 e. The van der Waals surface area contributed by atoms with E-state index in [0.717, 1.165) is 11.3 Å². The van der Waals surface area contributed by atoms with E-state index >= 15 is 0 Å². The zero-order valence-electron chi connectivity index (χ0n) is 10.1.